The highest BCUT2D eigenvalue weighted by molar-refractivity contribution is 5.97. The van der Waals surface area contributed by atoms with E-state index < -0.39 is 6.04 Å². The largest absolute Gasteiger partial charge is 0.370 e. The van der Waals surface area contributed by atoms with E-state index in [1.165, 1.54) is 6.20 Å². The van der Waals surface area contributed by atoms with Crippen molar-refractivity contribution in [2.24, 2.45) is 5.73 Å². The second kappa shape index (κ2) is 14.5. The van der Waals surface area contributed by atoms with Gasteiger partial charge in [0.1, 0.15) is 6.04 Å². The van der Waals surface area contributed by atoms with Gasteiger partial charge in [0.2, 0.25) is 5.91 Å². The lowest BCUT2D eigenvalue weighted by molar-refractivity contribution is -0.123. The van der Waals surface area contributed by atoms with Gasteiger partial charge in [0.25, 0.3) is 5.91 Å². The number of nitrogens with zero attached hydrogens (tertiary/aromatic N) is 2. The Morgan fingerprint density at radius 3 is 2.39 bits per heavy atom. The SMILES string of the molecule is C[C@H](NC(=O)[C@H](CCCNC(=N)N)NC(=O)c1ccc(CNCc2ccccn2)nc1)c1cccc2ccccc12. The van der Waals surface area contributed by atoms with Gasteiger partial charge in [-0.3, -0.25) is 25.0 Å². The van der Waals surface area contributed by atoms with Crippen LogP contribution in [0.4, 0.5) is 0 Å². The summed E-state index contributed by atoms with van der Waals surface area (Å²) in [6, 6.07) is 22.2. The van der Waals surface area contributed by atoms with Crippen LogP contribution in [0.5, 0.6) is 0 Å². The van der Waals surface area contributed by atoms with Crippen LogP contribution in [0.25, 0.3) is 10.8 Å². The Balaban J connectivity index is 1.38. The first-order valence-corrected chi connectivity index (χ1v) is 13.6. The molecular weight excluding hydrogens is 516 g/mol. The smallest absolute Gasteiger partial charge is 0.253 e. The molecule has 41 heavy (non-hydrogen) atoms. The maximum Gasteiger partial charge on any atom is 0.253 e. The van der Waals surface area contributed by atoms with E-state index in [2.05, 4.69) is 31.2 Å². The van der Waals surface area contributed by atoms with Crippen molar-refractivity contribution in [1.82, 2.24) is 31.2 Å². The van der Waals surface area contributed by atoms with Crippen molar-refractivity contribution in [3.05, 3.63) is 108 Å². The summed E-state index contributed by atoms with van der Waals surface area (Å²) >= 11 is 0. The normalized spacial score (nSPS) is 12.3. The van der Waals surface area contributed by atoms with E-state index in [9.17, 15) is 9.59 Å². The number of rotatable bonds is 13. The maximum absolute atomic E-state index is 13.4. The molecule has 0 unspecified atom stereocenters. The average molecular weight is 553 g/mol. The summed E-state index contributed by atoms with van der Waals surface area (Å²) in [5.41, 5.74) is 8.46. The zero-order valence-electron chi connectivity index (χ0n) is 23.1. The summed E-state index contributed by atoms with van der Waals surface area (Å²) < 4.78 is 0. The molecule has 2 aromatic carbocycles. The van der Waals surface area contributed by atoms with Crippen LogP contribution in [0.2, 0.25) is 0 Å². The molecular formula is C31H36N8O2. The van der Waals surface area contributed by atoms with Gasteiger partial charge in [-0.25, -0.2) is 0 Å². The lowest BCUT2D eigenvalue weighted by atomic mass is 9.99. The minimum atomic E-state index is -0.784. The fraction of sp³-hybridized carbons (Fsp3) is 0.258. The van der Waals surface area contributed by atoms with Crippen molar-refractivity contribution in [2.45, 2.75) is 44.9 Å². The number of hydrogen-bond acceptors (Lipinski definition) is 6. The number of carbonyl (C=O) groups excluding carboxylic acids is 2. The predicted octanol–water partition coefficient (Wildman–Crippen LogP) is 3.16. The number of amides is 2. The molecule has 10 heteroatoms. The molecule has 0 saturated heterocycles. The number of pyridine rings is 2. The minimum Gasteiger partial charge on any atom is -0.370 e. The van der Waals surface area contributed by atoms with Crippen LogP contribution in [-0.4, -0.2) is 40.3 Å². The molecule has 4 aromatic rings. The monoisotopic (exact) mass is 552 g/mol. The lowest BCUT2D eigenvalue weighted by Gasteiger charge is -2.22. The van der Waals surface area contributed by atoms with Crippen molar-refractivity contribution >= 4 is 28.5 Å². The minimum absolute atomic E-state index is 0.139. The van der Waals surface area contributed by atoms with Crippen LogP contribution < -0.4 is 27.0 Å². The first-order chi connectivity index (χ1) is 19.9. The molecule has 10 nitrogen and oxygen atoms in total. The van der Waals surface area contributed by atoms with Gasteiger partial charge in [-0.2, -0.15) is 0 Å². The van der Waals surface area contributed by atoms with Gasteiger partial charge in [0, 0.05) is 32.0 Å². The van der Waals surface area contributed by atoms with Crippen molar-refractivity contribution in [3.8, 4) is 0 Å². The van der Waals surface area contributed by atoms with E-state index in [1.54, 1.807) is 18.3 Å². The Morgan fingerprint density at radius 1 is 0.902 bits per heavy atom. The summed E-state index contributed by atoms with van der Waals surface area (Å²) in [6.45, 7) is 3.48. The third kappa shape index (κ3) is 8.58. The molecule has 0 fully saturated rings. The number of carbonyl (C=O) groups is 2. The van der Waals surface area contributed by atoms with Crippen molar-refractivity contribution in [2.75, 3.05) is 6.54 Å². The Kier molecular flexibility index (Phi) is 10.3. The van der Waals surface area contributed by atoms with Crippen LogP contribution >= 0.6 is 0 Å². The second-order valence-corrected chi connectivity index (χ2v) is 9.77. The molecule has 0 aliphatic heterocycles. The molecule has 0 saturated carbocycles. The van der Waals surface area contributed by atoms with Crippen molar-refractivity contribution < 1.29 is 9.59 Å². The third-order valence-electron chi connectivity index (χ3n) is 6.68. The summed E-state index contributed by atoms with van der Waals surface area (Å²) in [4.78, 5) is 35.2. The highest BCUT2D eigenvalue weighted by atomic mass is 16.2. The molecule has 2 atom stereocenters. The number of guanidine groups is 1. The molecule has 0 aliphatic rings. The average Bonchev–Trinajstić information content (AvgIpc) is 2.99. The van der Waals surface area contributed by atoms with Crippen LogP contribution in [0, 0.1) is 5.41 Å². The predicted molar refractivity (Wildman–Crippen MR) is 160 cm³/mol. The van der Waals surface area contributed by atoms with E-state index in [0.29, 0.717) is 38.0 Å². The molecule has 2 aromatic heterocycles. The molecule has 7 N–H and O–H groups in total. The molecule has 4 rings (SSSR count). The number of hydrogen-bond donors (Lipinski definition) is 6. The fourth-order valence-electron chi connectivity index (χ4n) is 4.54. The first kappa shape index (κ1) is 29.2. The standard InChI is InChI=1S/C31H36N8O2/c1-21(26-12-6-9-22-8-2-3-11-27(22)26)38-30(41)28(13-7-17-36-31(32)33)39-29(40)23-14-15-25(37-18-23)20-34-19-24-10-4-5-16-35-24/h2-6,8-12,14-16,18,21,28,34H,7,13,17,19-20H2,1H3,(H,38,41)(H,39,40)(H4,32,33,36)/t21-,28-/m0/s1. The van der Waals surface area contributed by atoms with E-state index in [0.717, 1.165) is 27.7 Å². The number of nitrogens with one attached hydrogen (secondary N) is 5. The van der Waals surface area contributed by atoms with Gasteiger partial charge in [-0.05, 0) is 60.4 Å². The molecule has 2 amide bonds. The Bertz CT molecular complexity index is 1450. The summed E-state index contributed by atoms with van der Waals surface area (Å²) in [7, 11) is 0. The first-order valence-electron chi connectivity index (χ1n) is 13.6. The van der Waals surface area contributed by atoms with Crippen molar-refractivity contribution in [3.63, 3.8) is 0 Å². The fourth-order valence-corrected chi connectivity index (χ4v) is 4.54. The molecule has 2 heterocycles. The second-order valence-electron chi connectivity index (χ2n) is 9.77. The summed E-state index contributed by atoms with van der Waals surface area (Å²) in [6.07, 6.45) is 4.15. The topological polar surface area (TPSA) is 158 Å². The summed E-state index contributed by atoms with van der Waals surface area (Å²) in [5, 5.41) is 21.5. The quantitative estimate of drug-likeness (QED) is 0.0845. The zero-order valence-corrected chi connectivity index (χ0v) is 23.1. The van der Waals surface area contributed by atoms with E-state index in [4.69, 9.17) is 11.1 Å². The highest BCUT2D eigenvalue weighted by Gasteiger charge is 2.23. The Morgan fingerprint density at radius 2 is 1.66 bits per heavy atom. The molecule has 212 valence electrons. The van der Waals surface area contributed by atoms with Gasteiger partial charge < -0.3 is 27.0 Å². The molecule has 0 radical (unpaired) electrons. The van der Waals surface area contributed by atoms with E-state index in [1.807, 2.05) is 67.6 Å². The van der Waals surface area contributed by atoms with Gasteiger partial charge >= 0.3 is 0 Å². The number of nitrogens with two attached hydrogens (primary N) is 1. The molecule has 0 aliphatic carbocycles. The van der Waals surface area contributed by atoms with Crippen molar-refractivity contribution in [1.29, 1.82) is 5.41 Å². The van der Waals surface area contributed by atoms with Crippen LogP contribution in [-0.2, 0) is 17.9 Å². The highest BCUT2D eigenvalue weighted by Crippen LogP contribution is 2.24. The Hall–Kier alpha value is -4.83. The number of benzene rings is 2. The van der Waals surface area contributed by atoms with Crippen LogP contribution in [0.1, 0.15) is 53.1 Å². The van der Waals surface area contributed by atoms with Gasteiger partial charge in [0.05, 0.1) is 23.0 Å². The van der Waals surface area contributed by atoms with Crippen LogP contribution in [0.15, 0.2) is 85.2 Å². The lowest BCUT2D eigenvalue weighted by Crippen LogP contribution is -2.47. The van der Waals surface area contributed by atoms with E-state index in [-0.39, 0.29) is 23.8 Å². The summed E-state index contributed by atoms with van der Waals surface area (Å²) in [5.74, 6) is -0.812. The third-order valence-corrected chi connectivity index (χ3v) is 6.68. The van der Waals surface area contributed by atoms with Gasteiger partial charge in [-0.1, -0.05) is 48.5 Å². The van der Waals surface area contributed by atoms with Gasteiger partial charge in [-0.15, -0.1) is 0 Å². The van der Waals surface area contributed by atoms with E-state index >= 15 is 0 Å². The number of fused-ring (bicyclic) bond motifs is 1. The van der Waals surface area contributed by atoms with Gasteiger partial charge in [0.15, 0.2) is 5.96 Å². The Labute approximate surface area is 239 Å². The maximum atomic E-state index is 13.4. The molecule has 0 bridgehead atoms. The number of aromatic nitrogens is 2. The van der Waals surface area contributed by atoms with Crippen LogP contribution in [0.3, 0.4) is 0 Å². The molecule has 0 spiro atoms. The zero-order chi connectivity index (χ0) is 29.0.